The van der Waals surface area contributed by atoms with Crippen LogP contribution in [-0.4, -0.2) is 36.8 Å². The molecule has 0 saturated carbocycles. The van der Waals surface area contributed by atoms with Gasteiger partial charge in [0.1, 0.15) is 5.75 Å². The molecule has 0 unspecified atom stereocenters. The molecular formula is C16H17F2N3O3. The van der Waals surface area contributed by atoms with Crippen LogP contribution in [0, 0.1) is 6.92 Å². The number of nitrogens with zero attached hydrogens (tertiary/aromatic N) is 2. The molecule has 0 radical (unpaired) electrons. The van der Waals surface area contributed by atoms with Crippen LogP contribution in [0.3, 0.4) is 0 Å². The van der Waals surface area contributed by atoms with Gasteiger partial charge in [0.25, 0.3) is 5.91 Å². The maximum Gasteiger partial charge on any atom is 0.387 e. The molecule has 1 N–H and O–H groups in total. The van der Waals surface area contributed by atoms with Gasteiger partial charge in [-0.15, -0.1) is 0 Å². The highest BCUT2D eigenvalue weighted by Crippen LogP contribution is 2.31. The maximum absolute atomic E-state index is 12.5. The SMILES string of the molecule is Cc1cc(C(=O)N[C@@H]2CCN(c3ccccc3OC(F)F)C2)on1. The van der Waals surface area contributed by atoms with Crippen molar-refractivity contribution in [2.75, 3.05) is 18.0 Å². The number of rotatable bonds is 5. The van der Waals surface area contributed by atoms with Gasteiger partial charge < -0.3 is 19.5 Å². The number of halogens is 2. The number of ether oxygens (including phenoxy) is 1. The summed E-state index contributed by atoms with van der Waals surface area (Å²) in [6.45, 7) is -0.0109. The monoisotopic (exact) mass is 337 g/mol. The van der Waals surface area contributed by atoms with Crippen molar-refractivity contribution in [3.63, 3.8) is 0 Å². The lowest BCUT2D eigenvalue weighted by molar-refractivity contribution is -0.0495. The first kappa shape index (κ1) is 16.2. The van der Waals surface area contributed by atoms with E-state index in [1.54, 1.807) is 31.2 Å². The van der Waals surface area contributed by atoms with Crippen molar-refractivity contribution in [1.29, 1.82) is 0 Å². The number of amides is 1. The van der Waals surface area contributed by atoms with Gasteiger partial charge in [0.15, 0.2) is 0 Å². The van der Waals surface area contributed by atoms with Crippen LogP contribution >= 0.6 is 0 Å². The lowest BCUT2D eigenvalue weighted by Crippen LogP contribution is -2.37. The first-order chi connectivity index (χ1) is 11.5. The van der Waals surface area contributed by atoms with Crippen molar-refractivity contribution in [2.45, 2.75) is 26.0 Å². The highest BCUT2D eigenvalue weighted by atomic mass is 19.3. The fourth-order valence-electron chi connectivity index (χ4n) is 2.74. The predicted molar refractivity (Wildman–Crippen MR) is 82.4 cm³/mol. The molecule has 1 aromatic heterocycles. The van der Waals surface area contributed by atoms with Gasteiger partial charge in [0.05, 0.1) is 11.4 Å². The van der Waals surface area contributed by atoms with E-state index in [2.05, 4.69) is 15.2 Å². The van der Waals surface area contributed by atoms with Gasteiger partial charge >= 0.3 is 6.61 Å². The molecule has 1 saturated heterocycles. The van der Waals surface area contributed by atoms with Crippen molar-refractivity contribution in [1.82, 2.24) is 10.5 Å². The smallest absolute Gasteiger partial charge is 0.387 e. The number of benzene rings is 1. The van der Waals surface area contributed by atoms with E-state index >= 15 is 0 Å². The molecule has 1 fully saturated rings. The number of carbonyl (C=O) groups excluding carboxylic acids is 1. The minimum Gasteiger partial charge on any atom is -0.433 e. The molecule has 1 aliphatic rings. The normalized spacial score (nSPS) is 17.3. The third-order valence-electron chi connectivity index (χ3n) is 3.80. The second-order valence-corrected chi connectivity index (χ2v) is 5.58. The minimum absolute atomic E-state index is 0.109. The number of aromatic nitrogens is 1. The molecule has 1 amide bonds. The van der Waals surface area contributed by atoms with Gasteiger partial charge in [0.2, 0.25) is 5.76 Å². The standard InChI is InChI=1S/C16H17F2N3O3/c1-10-8-14(24-20-10)15(22)19-11-6-7-21(9-11)12-4-2-3-5-13(12)23-16(17)18/h2-5,8,11,16H,6-7,9H2,1H3,(H,19,22)/t11-/m1/s1. The van der Waals surface area contributed by atoms with Gasteiger partial charge in [-0.05, 0) is 25.5 Å². The van der Waals surface area contributed by atoms with Gasteiger partial charge in [-0.3, -0.25) is 4.79 Å². The zero-order chi connectivity index (χ0) is 17.1. The lowest BCUT2D eigenvalue weighted by Gasteiger charge is -2.21. The molecule has 8 heteroatoms. The molecule has 0 bridgehead atoms. The Morgan fingerprint density at radius 3 is 2.96 bits per heavy atom. The molecule has 128 valence electrons. The Kier molecular flexibility index (Phi) is 4.64. The Morgan fingerprint density at radius 1 is 1.46 bits per heavy atom. The Labute approximate surface area is 137 Å². The summed E-state index contributed by atoms with van der Waals surface area (Å²) >= 11 is 0. The number of alkyl halides is 2. The van der Waals surface area contributed by atoms with E-state index < -0.39 is 6.61 Å². The van der Waals surface area contributed by atoms with Crippen LogP contribution in [0.2, 0.25) is 0 Å². The van der Waals surface area contributed by atoms with E-state index in [9.17, 15) is 13.6 Å². The van der Waals surface area contributed by atoms with E-state index in [4.69, 9.17) is 4.52 Å². The summed E-state index contributed by atoms with van der Waals surface area (Å²) in [6, 6.07) is 8.09. The number of carbonyl (C=O) groups is 1. The van der Waals surface area contributed by atoms with E-state index in [-0.39, 0.29) is 23.5 Å². The van der Waals surface area contributed by atoms with Crippen molar-refractivity contribution in [2.24, 2.45) is 0 Å². The largest absolute Gasteiger partial charge is 0.433 e. The minimum atomic E-state index is -2.88. The quantitative estimate of drug-likeness (QED) is 0.908. The number of hydrogen-bond acceptors (Lipinski definition) is 5. The summed E-state index contributed by atoms with van der Waals surface area (Å²) in [6.07, 6.45) is 0.696. The zero-order valence-corrected chi connectivity index (χ0v) is 13.0. The molecule has 1 atom stereocenters. The van der Waals surface area contributed by atoms with Crippen LogP contribution in [0.15, 0.2) is 34.9 Å². The molecule has 2 aromatic rings. The molecule has 0 spiro atoms. The van der Waals surface area contributed by atoms with Crippen LogP contribution in [0.25, 0.3) is 0 Å². The number of anilines is 1. The molecule has 6 nitrogen and oxygen atoms in total. The molecular weight excluding hydrogens is 320 g/mol. The molecule has 0 aliphatic carbocycles. The number of hydrogen-bond donors (Lipinski definition) is 1. The second-order valence-electron chi connectivity index (χ2n) is 5.58. The fourth-order valence-corrected chi connectivity index (χ4v) is 2.74. The molecule has 3 rings (SSSR count). The lowest BCUT2D eigenvalue weighted by atomic mass is 10.2. The number of aryl methyl sites for hydroxylation is 1. The number of para-hydroxylation sites is 2. The molecule has 2 heterocycles. The Hall–Kier alpha value is -2.64. The first-order valence-electron chi connectivity index (χ1n) is 7.56. The van der Waals surface area contributed by atoms with Crippen LogP contribution in [0.5, 0.6) is 5.75 Å². The average molecular weight is 337 g/mol. The van der Waals surface area contributed by atoms with Gasteiger partial charge in [-0.2, -0.15) is 8.78 Å². The van der Waals surface area contributed by atoms with Crippen LogP contribution in [-0.2, 0) is 0 Å². The Morgan fingerprint density at radius 2 is 2.25 bits per heavy atom. The summed E-state index contributed by atoms with van der Waals surface area (Å²) in [4.78, 5) is 14.0. The summed E-state index contributed by atoms with van der Waals surface area (Å²) in [5.41, 5.74) is 1.22. The van der Waals surface area contributed by atoms with Crippen LogP contribution < -0.4 is 15.0 Å². The molecule has 1 aliphatic heterocycles. The average Bonchev–Trinajstić information content (AvgIpc) is 3.16. The van der Waals surface area contributed by atoms with E-state index in [1.807, 2.05) is 4.90 Å². The van der Waals surface area contributed by atoms with E-state index in [0.29, 0.717) is 30.9 Å². The first-order valence-corrected chi connectivity index (χ1v) is 7.56. The van der Waals surface area contributed by atoms with Crippen molar-refractivity contribution in [3.8, 4) is 5.75 Å². The van der Waals surface area contributed by atoms with Crippen LogP contribution in [0.4, 0.5) is 14.5 Å². The third-order valence-corrected chi connectivity index (χ3v) is 3.80. The fraction of sp³-hybridized carbons (Fsp3) is 0.375. The maximum atomic E-state index is 12.5. The van der Waals surface area contributed by atoms with Gasteiger partial charge in [-0.1, -0.05) is 17.3 Å². The Balaban J connectivity index is 1.64. The second kappa shape index (κ2) is 6.86. The highest BCUT2D eigenvalue weighted by molar-refractivity contribution is 5.91. The van der Waals surface area contributed by atoms with Crippen LogP contribution in [0.1, 0.15) is 22.7 Å². The summed E-state index contributed by atoms with van der Waals surface area (Å²) < 4.78 is 34.5. The zero-order valence-electron chi connectivity index (χ0n) is 13.0. The molecule has 1 aromatic carbocycles. The summed E-state index contributed by atoms with van der Waals surface area (Å²) in [5, 5.41) is 6.55. The topological polar surface area (TPSA) is 67.6 Å². The van der Waals surface area contributed by atoms with Crippen molar-refractivity contribution < 1.29 is 22.8 Å². The predicted octanol–water partition coefficient (Wildman–Crippen LogP) is 2.59. The summed E-state index contributed by atoms with van der Waals surface area (Å²) in [7, 11) is 0. The third kappa shape index (κ3) is 3.64. The van der Waals surface area contributed by atoms with Gasteiger partial charge in [-0.25, -0.2) is 0 Å². The van der Waals surface area contributed by atoms with Crippen molar-refractivity contribution in [3.05, 3.63) is 41.8 Å². The van der Waals surface area contributed by atoms with Gasteiger partial charge in [0, 0.05) is 25.2 Å². The Bertz CT molecular complexity index is 720. The van der Waals surface area contributed by atoms with Crippen molar-refractivity contribution >= 4 is 11.6 Å². The van der Waals surface area contributed by atoms with E-state index in [0.717, 1.165) is 0 Å². The summed E-state index contributed by atoms with van der Waals surface area (Å²) in [5.74, 6) is -0.0442. The molecule has 24 heavy (non-hydrogen) atoms. The number of nitrogens with one attached hydrogen (secondary N) is 1. The van der Waals surface area contributed by atoms with E-state index in [1.165, 1.54) is 6.07 Å². The highest BCUT2D eigenvalue weighted by Gasteiger charge is 2.27.